The molecule has 0 unspecified atom stereocenters. The SMILES string of the molecule is CNC(=O)c1ccc(NCc2cn(C)nn2)cc1. The van der Waals surface area contributed by atoms with Crippen molar-refractivity contribution in [3.8, 4) is 0 Å². The van der Waals surface area contributed by atoms with Crippen LogP contribution in [0.5, 0.6) is 0 Å². The van der Waals surface area contributed by atoms with Crippen LogP contribution in [0.3, 0.4) is 0 Å². The highest BCUT2D eigenvalue weighted by Crippen LogP contribution is 2.10. The Labute approximate surface area is 105 Å². The lowest BCUT2D eigenvalue weighted by Crippen LogP contribution is -2.17. The number of rotatable bonds is 4. The maximum absolute atomic E-state index is 11.4. The van der Waals surface area contributed by atoms with Crippen LogP contribution < -0.4 is 10.6 Å². The molecule has 0 aliphatic heterocycles. The van der Waals surface area contributed by atoms with E-state index in [0.29, 0.717) is 12.1 Å². The summed E-state index contributed by atoms with van der Waals surface area (Å²) in [6, 6.07) is 7.28. The third-order valence-corrected chi connectivity index (χ3v) is 2.50. The first-order chi connectivity index (χ1) is 8.69. The Morgan fingerprint density at radius 1 is 1.33 bits per heavy atom. The van der Waals surface area contributed by atoms with Gasteiger partial charge in [-0.3, -0.25) is 9.48 Å². The molecular weight excluding hydrogens is 230 g/mol. The van der Waals surface area contributed by atoms with E-state index >= 15 is 0 Å². The van der Waals surface area contributed by atoms with Gasteiger partial charge in [-0.1, -0.05) is 5.21 Å². The lowest BCUT2D eigenvalue weighted by atomic mass is 10.2. The average molecular weight is 245 g/mol. The van der Waals surface area contributed by atoms with Gasteiger partial charge < -0.3 is 10.6 Å². The molecule has 0 spiro atoms. The summed E-state index contributed by atoms with van der Waals surface area (Å²) >= 11 is 0. The van der Waals surface area contributed by atoms with Crippen molar-refractivity contribution < 1.29 is 4.79 Å². The van der Waals surface area contributed by atoms with Gasteiger partial charge in [0.1, 0.15) is 5.69 Å². The molecule has 0 radical (unpaired) electrons. The van der Waals surface area contributed by atoms with Crippen LogP contribution in [0.4, 0.5) is 5.69 Å². The lowest BCUT2D eigenvalue weighted by Gasteiger charge is -2.05. The van der Waals surface area contributed by atoms with E-state index in [0.717, 1.165) is 11.4 Å². The molecule has 0 saturated carbocycles. The number of nitrogens with zero attached hydrogens (tertiary/aromatic N) is 3. The van der Waals surface area contributed by atoms with E-state index in [2.05, 4.69) is 20.9 Å². The molecule has 2 N–H and O–H groups in total. The summed E-state index contributed by atoms with van der Waals surface area (Å²) < 4.78 is 1.66. The highest BCUT2D eigenvalue weighted by atomic mass is 16.1. The van der Waals surface area contributed by atoms with Crippen molar-refractivity contribution in [2.45, 2.75) is 6.54 Å². The van der Waals surface area contributed by atoms with Crippen molar-refractivity contribution in [2.75, 3.05) is 12.4 Å². The summed E-state index contributed by atoms with van der Waals surface area (Å²) in [5.41, 5.74) is 2.45. The molecule has 2 aromatic rings. The van der Waals surface area contributed by atoms with E-state index in [1.54, 1.807) is 23.9 Å². The minimum atomic E-state index is -0.0875. The third-order valence-electron chi connectivity index (χ3n) is 2.50. The summed E-state index contributed by atoms with van der Waals surface area (Å²) in [5, 5.41) is 13.6. The van der Waals surface area contributed by atoms with Crippen molar-refractivity contribution in [3.05, 3.63) is 41.7 Å². The summed E-state index contributed by atoms with van der Waals surface area (Å²) in [6.45, 7) is 0.604. The smallest absolute Gasteiger partial charge is 0.251 e. The van der Waals surface area contributed by atoms with Gasteiger partial charge in [0.2, 0.25) is 0 Å². The molecule has 1 aromatic heterocycles. The predicted octanol–water partition coefficient (Wildman–Crippen LogP) is 0.787. The van der Waals surface area contributed by atoms with Gasteiger partial charge in [0, 0.05) is 31.5 Å². The fourth-order valence-corrected chi connectivity index (χ4v) is 1.55. The Balaban J connectivity index is 1.96. The molecule has 0 aliphatic rings. The normalized spacial score (nSPS) is 10.1. The van der Waals surface area contributed by atoms with E-state index in [1.807, 2.05) is 25.4 Å². The van der Waals surface area contributed by atoms with Crippen LogP contribution in [-0.4, -0.2) is 27.9 Å². The molecule has 6 nitrogen and oxygen atoms in total. The molecule has 0 fully saturated rings. The second-order valence-corrected chi connectivity index (χ2v) is 3.89. The number of aryl methyl sites for hydroxylation is 1. The Kier molecular flexibility index (Phi) is 3.57. The van der Waals surface area contributed by atoms with Gasteiger partial charge >= 0.3 is 0 Å². The number of carbonyl (C=O) groups is 1. The highest BCUT2D eigenvalue weighted by molar-refractivity contribution is 5.94. The lowest BCUT2D eigenvalue weighted by molar-refractivity contribution is 0.0963. The Morgan fingerprint density at radius 3 is 2.61 bits per heavy atom. The van der Waals surface area contributed by atoms with Crippen molar-refractivity contribution in [3.63, 3.8) is 0 Å². The monoisotopic (exact) mass is 245 g/mol. The highest BCUT2D eigenvalue weighted by Gasteiger charge is 2.02. The summed E-state index contributed by atoms with van der Waals surface area (Å²) in [7, 11) is 3.44. The third kappa shape index (κ3) is 2.85. The van der Waals surface area contributed by atoms with Crippen molar-refractivity contribution in [1.82, 2.24) is 20.3 Å². The molecule has 1 heterocycles. The standard InChI is InChI=1S/C12H15N5O/c1-13-12(18)9-3-5-10(6-4-9)14-7-11-8-17(2)16-15-11/h3-6,8,14H,7H2,1-2H3,(H,13,18). The summed E-state index contributed by atoms with van der Waals surface area (Å²) in [6.07, 6.45) is 1.85. The predicted molar refractivity (Wildman–Crippen MR) is 68.2 cm³/mol. The molecule has 2 rings (SSSR count). The van der Waals surface area contributed by atoms with Crippen LogP contribution in [0.15, 0.2) is 30.5 Å². The van der Waals surface area contributed by atoms with Crippen LogP contribution in [0, 0.1) is 0 Å². The number of hydrogen-bond donors (Lipinski definition) is 2. The number of hydrogen-bond acceptors (Lipinski definition) is 4. The molecular formula is C12H15N5O. The molecule has 6 heteroatoms. The second kappa shape index (κ2) is 5.31. The molecule has 94 valence electrons. The zero-order valence-electron chi connectivity index (χ0n) is 10.3. The van der Waals surface area contributed by atoms with Crippen LogP contribution in [0.25, 0.3) is 0 Å². The van der Waals surface area contributed by atoms with Gasteiger partial charge in [-0.25, -0.2) is 0 Å². The van der Waals surface area contributed by atoms with E-state index in [-0.39, 0.29) is 5.91 Å². The fraction of sp³-hybridized carbons (Fsp3) is 0.250. The van der Waals surface area contributed by atoms with Gasteiger partial charge in [0.05, 0.1) is 6.54 Å². The van der Waals surface area contributed by atoms with E-state index < -0.39 is 0 Å². The van der Waals surface area contributed by atoms with Crippen LogP contribution in [0.2, 0.25) is 0 Å². The van der Waals surface area contributed by atoms with Gasteiger partial charge in [0.25, 0.3) is 5.91 Å². The van der Waals surface area contributed by atoms with Crippen molar-refractivity contribution in [2.24, 2.45) is 7.05 Å². The van der Waals surface area contributed by atoms with Gasteiger partial charge in [-0.15, -0.1) is 5.10 Å². The largest absolute Gasteiger partial charge is 0.379 e. The second-order valence-electron chi connectivity index (χ2n) is 3.89. The summed E-state index contributed by atoms with van der Waals surface area (Å²) in [4.78, 5) is 11.4. The maximum Gasteiger partial charge on any atom is 0.251 e. The number of benzene rings is 1. The zero-order valence-corrected chi connectivity index (χ0v) is 10.3. The molecule has 0 bridgehead atoms. The van der Waals surface area contributed by atoms with Gasteiger partial charge in [0.15, 0.2) is 0 Å². The van der Waals surface area contributed by atoms with Gasteiger partial charge in [-0.2, -0.15) is 0 Å². The van der Waals surface area contributed by atoms with E-state index in [9.17, 15) is 4.79 Å². The zero-order chi connectivity index (χ0) is 13.0. The molecule has 0 aliphatic carbocycles. The number of amides is 1. The molecule has 18 heavy (non-hydrogen) atoms. The average Bonchev–Trinajstić information content (AvgIpc) is 2.82. The minimum Gasteiger partial charge on any atom is -0.379 e. The van der Waals surface area contributed by atoms with Crippen LogP contribution in [0.1, 0.15) is 16.1 Å². The molecule has 1 aromatic carbocycles. The first-order valence-corrected chi connectivity index (χ1v) is 5.60. The number of aromatic nitrogens is 3. The van der Waals surface area contributed by atoms with E-state index in [1.165, 1.54) is 0 Å². The van der Waals surface area contributed by atoms with E-state index in [4.69, 9.17) is 0 Å². The maximum atomic E-state index is 11.4. The molecule has 0 atom stereocenters. The summed E-state index contributed by atoms with van der Waals surface area (Å²) in [5.74, 6) is -0.0875. The minimum absolute atomic E-state index is 0.0875. The topological polar surface area (TPSA) is 71.8 Å². The van der Waals surface area contributed by atoms with Crippen LogP contribution >= 0.6 is 0 Å². The fourth-order valence-electron chi connectivity index (χ4n) is 1.55. The van der Waals surface area contributed by atoms with Crippen molar-refractivity contribution >= 4 is 11.6 Å². The van der Waals surface area contributed by atoms with Crippen molar-refractivity contribution in [1.29, 1.82) is 0 Å². The molecule has 0 saturated heterocycles. The Bertz CT molecular complexity index is 532. The Morgan fingerprint density at radius 2 is 2.06 bits per heavy atom. The van der Waals surface area contributed by atoms with Gasteiger partial charge in [-0.05, 0) is 24.3 Å². The number of carbonyl (C=O) groups excluding carboxylic acids is 1. The molecule has 1 amide bonds. The first kappa shape index (κ1) is 12.1. The number of anilines is 1. The number of nitrogens with one attached hydrogen (secondary N) is 2. The van der Waals surface area contributed by atoms with Crippen LogP contribution in [-0.2, 0) is 13.6 Å². The Hall–Kier alpha value is -2.37. The quantitative estimate of drug-likeness (QED) is 0.835. The first-order valence-electron chi connectivity index (χ1n) is 5.60.